The Hall–Kier alpha value is 0.310. The van der Waals surface area contributed by atoms with Crippen molar-refractivity contribution in [3.05, 3.63) is 0 Å². The molecule has 1 N–H and O–H groups in total. The predicted molar refractivity (Wildman–Crippen MR) is 67.0 cm³/mol. The van der Waals surface area contributed by atoms with Gasteiger partial charge in [0.25, 0.3) is 0 Å². The van der Waals surface area contributed by atoms with E-state index in [9.17, 15) is 0 Å². The molecule has 0 aromatic carbocycles. The molecule has 0 heterocycles. The van der Waals surface area contributed by atoms with Gasteiger partial charge in [-0.25, -0.2) is 0 Å². The molecule has 0 spiro atoms. The highest BCUT2D eigenvalue weighted by molar-refractivity contribution is 7.99. The summed E-state index contributed by atoms with van der Waals surface area (Å²) in [5.74, 6) is 3.73. The molecular formula is C12H25NS. The Kier molecular flexibility index (Phi) is 6.70. The summed E-state index contributed by atoms with van der Waals surface area (Å²) in [6.07, 6.45) is 7.19. The molecule has 84 valence electrons. The highest BCUT2D eigenvalue weighted by Gasteiger charge is 2.14. The van der Waals surface area contributed by atoms with Crippen molar-refractivity contribution >= 4 is 11.8 Å². The van der Waals surface area contributed by atoms with Gasteiger partial charge in [0.1, 0.15) is 0 Å². The molecule has 1 rings (SSSR count). The van der Waals surface area contributed by atoms with Crippen LogP contribution in [0.3, 0.4) is 0 Å². The van der Waals surface area contributed by atoms with E-state index in [-0.39, 0.29) is 0 Å². The van der Waals surface area contributed by atoms with E-state index in [0.717, 1.165) is 5.92 Å². The quantitative estimate of drug-likeness (QED) is 0.699. The molecule has 1 atom stereocenters. The molecule has 1 nitrogen and oxygen atoms in total. The lowest BCUT2D eigenvalue weighted by molar-refractivity contribution is 0.586. The van der Waals surface area contributed by atoms with Crippen LogP contribution in [0.2, 0.25) is 0 Å². The van der Waals surface area contributed by atoms with Crippen molar-refractivity contribution in [3.63, 3.8) is 0 Å². The van der Waals surface area contributed by atoms with Crippen molar-refractivity contribution in [2.45, 2.75) is 52.0 Å². The van der Waals surface area contributed by atoms with Crippen molar-refractivity contribution in [1.29, 1.82) is 0 Å². The van der Waals surface area contributed by atoms with Gasteiger partial charge < -0.3 is 5.32 Å². The maximum absolute atomic E-state index is 3.54. The molecule has 0 bridgehead atoms. The molecular weight excluding hydrogens is 190 g/mol. The largest absolute Gasteiger partial charge is 0.313 e. The fourth-order valence-electron chi connectivity index (χ4n) is 2.04. The Bertz CT molecular complexity index is 132. The number of rotatable bonds is 7. The Morgan fingerprint density at radius 3 is 2.71 bits per heavy atom. The molecule has 2 heteroatoms. The SMILES string of the molecule is CCCNC(C)CSCC1CCCC1. The van der Waals surface area contributed by atoms with E-state index in [0.29, 0.717) is 6.04 Å². The molecule has 0 aromatic heterocycles. The zero-order valence-electron chi connectivity index (χ0n) is 9.72. The smallest absolute Gasteiger partial charge is 0.0129 e. The molecule has 1 aliphatic rings. The molecule has 1 unspecified atom stereocenters. The van der Waals surface area contributed by atoms with Gasteiger partial charge in [-0.3, -0.25) is 0 Å². The first-order chi connectivity index (χ1) is 6.83. The van der Waals surface area contributed by atoms with Gasteiger partial charge in [0, 0.05) is 11.8 Å². The van der Waals surface area contributed by atoms with E-state index in [4.69, 9.17) is 0 Å². The van der Waals surface area contributed by atoms with Gasteiger partial charge in [0.05, 0.1) is 0 Å². The lowest BCUT2D eigenvalue weighted by atomic mass is 10.1. The van der Waals surface area contributed by atoms with E-state index in [1.807, 2.05) is 0 Å². The molecule has 14 heavy (non-hydrogen) atoms. The van der Waals surface area contributed by atoms with Crippen LogP contribution in [0.1, 0.15) is 46.0 Å². The average Bonchev–Trinajstić information content (AvgIpc) is 2.67. The Balaban J connectivity index is 1.91. The molecule has 1 aliphatic carbocycles. The lowest BCUT2D eigenvalue weighted by Crippen LogP contribution is -2.29. The molecule has 0 amide bonds. The van der Waals surface area contributed by atoms with Crippen LogP contribution in [0, 0.1) is 5.92 Å². The third-order valence-electron chi connectivity index (χ3n) is 2.94. The summed E-state index contributed by atoms with van der Waals surface area (Å²) in [5.41, 5.74) is 0. The zero-order chi connectivity index (χ0) is 10.2. The van der Waals surface area contributed by atoms with E-state index < -0.39 is 0 Å². The van der Waals surface area contributed by atoms with Gasteiger partial charge in [0.2, 0.25) is 0 Å². The van der Waals surface area contributed by atoms with Crippen molar-refractivity contribution in [2.75, 3.05) is 18.1 Å². The second kappa shape index (κ2) is 7.58. The summed E-state index contributed by atoms with van der Waals surface area (Å²) in [6.45, 7) is 5.70. The minimum absolute atomic E-state index is 0.696. The minimum Gasteiger partial charge on any atom is -0.313 e. The predicted octanol–water partition coefficient (Wildman–Crippen LogP) is 3.30. The molecule has 1 saturated carbocycles. The Morgan fingerprint density at radius 1 is 1.36 bits per heavy atom. The van der Waals surface area contributed by atoms with Crippen LogP contribution < -0.4 is 5.32 Å². The molecule has 0 radical (unpaired) electrons. The Morgan fingerprint density at radius 2 is 2.07 bits per heavy atom. The van der Waals surface area contributed by atoms with Crippen LogP contribution in [0.15, 0.2) is 0 Å². The number of hydrogen-bond acceptors (Lipinski definition) is 2. The second-order valence-electron chi connectivity index (χ2n) is 4.54. The van der Waals surface area contributed by atoms with Crippen LogP contribution >= 0.6 is 11.8 Å². The maximum atomic E-state index is 3.54. The first-order valence-electron chi connectivity index (χ1n) is 6.14. The van der Waals surface area contributed by atoms with Crippen molar-refractivity contribution < 1.29 is 0 Å². The third kappa shape index (κ3) is 5.26. The van der Waals surface area contributed by atoms with Crippen LogP contribution in [0.5, 0.6) is 0 Å². The second-order valence-corrected chi connectivity index (χ2v) is 5.62. The Labute approximate surface area is 93.4 Å². The highest BCUT2D eigenvalue weighted by Crippen LogP contribution is 2.27. The first-order valence-corrected chi connectivity index (χ1v) is 7.29. The molecule has 1 fully saturated rings. The van der Waals surface area contributed by atoms with Gasteiger partial charge in [-0.05, 0) is 44.4 Å². The van der Waals surface area contributed by atoms with Gasteiger partial charge in [-0.2, -0.15) is 11.8 Å². The van der Waals surface area contributed by atoms with Crippen LogP contribution in [0.25, 0.3) is 0 Å². The summed E-state index contributed by atoms with van der Waals surface area (Å²) >= 11 is 2.15. The average molecular weight is 215 g/mol. The highest BCUT2D eigenvalue weighted by atomic mass is 32.2. The normalized spacial score (nSPS) is 20.1. The van der Waals surface area contributed by atoms with E-state index in [1.54, 1.807) is 0 Å². The summed E-state index contributed by atoms with van der Waals surface area (Å²) in [4.78, 5) is 0. The summed E-state index contributed by atoms with van der Waals surface area (Å²) in [6, 6.07) is 0.696. The van der Waals surface area contributed by atoms with Crippen molar-refractivity contribution in [3.8, 4) is 0 Å². The van der Waals surface area contributed by atoms with Crippen molar-refractivity contribution in [1.82, 2.24) is 5.32 Å². The van der Waals surface area contributed by atoms with E-state index >= 15 is 0 Å². The van der Waals surface area contributed by atoms with E-state index in [2.05, 4.69) is 30.9 Å². The van der Waals surface area contributed by atoms with Crippen LogP contribution in [0.4, 0.5) is 0 Å². The number of thioether (sulfide) groups is 1. The van der Waals surface area contributed by atoms with Crippen LogP contribution in [-0.2, 0) is 0 Å². The standard InChI is InChI=1S/C12H25NS/c1-3-8-13-11(2)9-14-10-12-6-4-5-7-12/h11-13H,3-10H2,1-2H3. The summed E-state index contributed by atoms with van der Waals surface area (Å²) < 4.78 is 0. The topological polar surface area (TPSA) is 12.0 Å². The maximum Gasteiger partial charge on any atom is 0.0129 e. The van der Waals surface area contributed by atoms with E-state index in [1.165, 1.54) is 50.2 Å². The van der Waals surface area contributed by atoms with Gasteiger partial charge in [-0.1, -0.05) is 19.8 Å². The van der Waals surface area contributed by atoms with Gasteiger partial charge in [-0.15, -0.1) is 0 Å². The summed E-state index contributed by atoms with van der Waals surface area (Å²) in [5, 5.41) is 3.54. The number of hydrogen-bond donors (Lipinski definition) is 1. The third-order valence-corrected chi connectivity index (χ3v) is 4.38. The fourth-order valence-corrected chi connectivity index (χ4v) is 3.31. The molecule has 0 saturated heterocycles. The molecule has 0 aliphatic heterocycles. The zero-order valence-corrected chi connectivity index (χ0v) is 10.5. The van der Waals surface area contributed by atoms with Crippen LogP contribution in [-0.4, -0.2) is 24.1 Å². The number of nitrogens with one attached hydrogen (secondary N) is 1. The minimum atomic E-state index is 0.696. The first kappa shape index (κ1) is 12.4. The van der Waals surface area contributed by atoms with Gasteiger partial charge in [0.15, 0.2) is 0 Å². The lowest BCUT2D eigenvalue weighted by Gasteiger charge is -2.14. The van der Waals surface area contributed by atoms with Gasteiger partial charge >= 0.3 is 0 Å². The summed E-state index contributed by atoms with van der Waals surface area (Å²) in [7, 11) is 0. The molecule has 0 aromatic rings. The monoisotopic (exact) mass is 215 g/mol. The fraction of sp³-hybridized carbons (Fsp3) is 1.00. The van der Waals surface area contributed by atoms with Crippen molar-refractivity contribution in [2.24, 2.45) is 5.92 Å².